The third kappa shape index (κ3) is 4.19. The van der Waals surface area contributed by atoms with Crippen molar-refractivity contribution < 1.29 is 4.92 Å². The number of anilines is 1. The minimum absolute atomic E-state index is 0.106. The van der Waals surface area contributed by atoms with E-state index >= 15 is 0 Å². The molecule has 0 radical (unpaired) electrons. The highest BCUT2D eigenvalue weighted by molar-refractivity contribution is 5.59. The predicted molar refractivity (Wildman–Crippen MR) is 85.6 cm³/mol. The molecular weight excluding hydrogens is 268 g/mol. The van der Waals surface area contributed by atoms with Gasteiger partial charge in [-0.25, -0.2) is 4.68 Å². The average molecular weight is 296 g/mol. The van der Waals surface area contributed by atoms with Gasteiger partial charge in [-0.2, -0.15) is 5.10 Å². The Morgan fingerprint density at radius 2 is 1.86 bits per heavy atom. The first kappa shape index (κ1) is 17.5. The normalized spacial score (nSPS) is 11.7. The summed E-state index contributed by atoms with van der Waals surface area (Å²) in [5, 5.41) is 18.9. The zero-order chi connectivity index (χ0) is 16.2. The number of nitro groups is 1. The largest absolute Gasteiger partial charge is 0.364 e. The van der Waals surface area contributed by atoms with E-state index in [0.717, 1.165) is 13.0 Å². The summed E-state index contributed by atoms with van der Waals surface area (Å²) in [5.41, 5.74) is 0.580. The topological polar surface area (TPSA) is 73.0 Å². The first-order valence-corrected chi connectivity index (χ1v) is 7.75. The molecule has 1 aromatic heterocycles. The van der Waals surface area contributed by atoms with Gasteiger partial charge in [0, 0.05) is 13.1 Å². The third-order valence-corrected chi connectivity index (χ3v) is 3.93. The van der Waals surface area contributed by atoms with Crippen LogP contribution in [0.2, 0.25) is 0 Å². The van der Waals surface area contributed by atoms with E-state index in [0.29, 0.717) is 35.8 Å². The van der Waals surface area contributed by atoms with Gasteiger partial charge in [-0.15, -0.1) is 0 Å². The first-order chi connectivity index (χ1) is 9.79. The number of nitrogens with one attached hydrogen (secondary N) is 1. The maximum atomic E-state index is 11.3. The summed E-state index contributed by atoms with van der Waals surface area (Å²) in [6.45, 7) is 13.9. The molecule has 0 fully saturated rings. The zero-order valence-electron chi connectivity index (χ0n) is 14.0. The Labute approximate surface area is 127 Å². The Morgan fingerprint density at radius 1 is 1.29 bits per heavy atom. The van der Waals surface area contributed by atoms with Gasteiger partial charge >= 0.3 is 5.69 Å². The number of aromatic nitrogens is 2. The van der Waals surface area contributed by atoms with E-state index in [4.69, 9.17) is 0 Å². The molecule has 0 atom stereocenters. The van der Waals surface area contributed by atoms with Crippen LogP contribution in [0.25, 0.3) is 0 Å². The van der Waals surface area contributed by atoms with Crippen molar-refractivity contribution in [1.29, 1.82) is 0 Å². The molecular formula is C15H28N4O2. The van der Waals surface area contributed by atoms with E-state index in [-0.39, 0.29) is 10.6 Å². The van der Waals surface area contributed by atoms with Crippen LogP contribution < -0.4 is 5.32 Å². The van der Waals surface area contributed by atoms with Crippen molar-refractivity contribution in [2.24, 2.45) is 17.8 Å². The van der Waals surface area contributed by atoms with Crippen LogP contribution in [0.15, 0.2) is 0 Å². The summed E-state index contributed by atoms with van der Waals surface area (Å²) < 4.78 is 1.73. The highest BCUT2D eigenvalue weighted by Crippen LogP contribution is 2.30. The second-order valence-corrected chi connectivity index (χ2v) is 6.30. The van der Waals surface area contributed by atoms with E-state index in [1.807, 2.05) is 6.92 Å². The van der Waals surface area contributed by atoms with Gasteiger partial charge in [0.2, 0.25) is 5.82 Å². The van der Waals surface area contributed by atoms with E-state index in [9.17, 15) is 10.1 Å². The summed E-state index contributed by atoms with van der Waals surface area (Å²) in [5.74, 6) is 2.07. The maximum Gasteiger partial charge on any atom is 0.333 e. The van der Waals surface area contributed by atoms with Crippen LogP contribution in [-0.4, -0.2) is 21.2 Å². The molecule has 21 heavy (non-hydrogen) atoms. The van der Waals surface area contributed by atoms with Gasteiger partial charge in [-0.05, 0) is 31.1 Å². The van der Waals surface area contributed by atoms with Gasteiger partial charge in [0.15, 0.2) is 0 Å². The first-order valence-electron chi connectivity index (χ1n) is 7.75. The lowest BCUT2D eigenvalue weighted by Gasteiger charge is -2.25. The summed E-state index contributed by atoms with van der Waals surface area (Å²) in [6.07, 6.45) is 0.894. The standard InChI is InChI=1S/C15H28N4O2/c1-7-8-18-15(14(19(20)21)12(6)17-18)16-9-13(10(2)3)11(4)5/h10-11,13,16H,7-9H2,1-6H3. The summed E-state index contributed by atoms with van der Waals surface area (Å²) in [6, 6.07) is 0. The van der Waals surface area contributed by atoms with Gasteiger partial charge in [-0.1, -0.05) is 34.6 Å². The number of nitrogens with zero attached hydrogens (tertiary/aromatic N) is 3. The van der Waals surface area contributed by atoms with Crippen LogP contribution in [0.3, 0.4) is 0 Å². The maximum absolute atomic E-state index is 11.3. The molecule has 0 aromatic carbocycles. The predicted octanol–water partition coefficient (Wildman–Crippen LogP) is 3.85. The Kier molecular flexibility index (Phi) is 6.18. The molecule has 0 amide bonds. The van der Waals surface area contributed by atoms with Crippen molar-refractivity contribution in [3.05, 3.63) is 15.8 Å². The molecule has 0 unspecified atom stereocenters. The second-order valence-electron chi connectivity index (χ2n) is 6.30. The lowest BCUT2D eigenvalue weighted by Crippen LogP contribution is -2.25. The highest BCUT2D eigenvalue weighted by Gasteiger charge is 2.26. The van der Waals surface area contributed by atoms with Gasteiger partial charge in [0.05, 0.1) is 4.92 Å². The van der Waals surface area contributed by atoms with Crippen molar-refractivity contribution >= 4 is 11.5 Å². The summed E-state index contributed by atoms with van der Waals surface area (Å²) >= 11 is 0. The van der Waals surface area contributed by atoms with Crippen molar-refractivity contribution in [3.63, 3.8) is 0 Å². The molecule has 120 valence electrons. The fourth-order valence-electron chi connectivity index (χ4n) is 2.79. The van der Waals surface area contributed by atoms with E-state index in [1.54, 1.807) is 11.6 Å². The molecule has 1 N–H and O–H groups in total. The molecule has 6 nitrogen and oxygen atoms in total. The summed E-state index contributed by atoms with van der Waals surface area (Å²) in [4.78, 5) is 10.9. The van der Waals surface area contributed by atoms with E-state index in [1.165, 1.54) is 0 Å². The van der Waals surface area contributed by atoms with Gasteiger partial charge in [0.1, 0.15) is 5.69 Å². The minimum Gasteiger partial charge on any atom is -0.364 e. The smallest absolute Gasteiger partial charge is 0.333 e. The summed E-state index contributed by atoms with van der Waals surface area (Å²) in [7, 11) is 0. The van der Waals surface area contributed by atoms with Crippen molar-refractivity contribution in [2.75, 3.05) is 11.9 Å². The fourth-order valence-corrected chi connectivity index (χ4v) is 2.79. The van der Waals surface area contributed by atoms with Crippen LogP contribution in [0, 0.1) is 34.8 Å². The molecule has 0 aliphatic carbocycles. The van der Waals surface area contributed by atoms with Crippen molar-refractivity contribution in [2.45, 2.75) is 54.5 Å². The molecule has 1 heterocycles. The van der Waals surface area contributed by atoms with Crippen molar-refractivity contribution in [1.82, 2.24) is 9.78 Å². The molecule has 1 rings (SSSR count). The monoisotopic (exact) mass is 296 g/mol. The van der Waals surface area contributed by atoms with Crippen LogP contribution in [0.5, 0.6) is 0 Å². The Bertz CT molecular complexity index is 472. The fraction of sp³-hybridized carbons (Fsp3) is 0.800. The lowest BCUT2D eigenvalue weighted by molar-refractivity contribution is -0.384. The molecule has 0 aliphatic rings. The lowest BCUT2D eigenvalue weighted by atomic mass is 9.85. The van der Waals surface area contributed by atoms with E-state index in [2.05, 4.69) is 38.1 Å². The second kappa shape index (κ2) is 7.43. The average Bonchev–Trinajstić information content (AvgIpc) is 2.65. The quantitative estimate of drug-likeness (QED) is 0.584. The minimum atomic E-state index is -0.337. The Hall–Kier alpha value is -1.59. The molecule has 1 aromatic rings. The number of rotatable bonds is 8. The number of aryl methyl sites for hydroxylation is 2. The molecule has 0 saturated heterocycles. The van der Waals surface area contributed by atoms with Crippen LogP contribution in [0.4, 0.5) is 11.5 Å². The Balaban J connectivity index is 3.02. The molecule has 0 bridgehead atoms. The van der Waals surface area contributed by atoms with Crippen molar-refractivity contribution in [3.8, 4) is 0 Å². The molecule has 0 spiro atoms. The van der Waals surface area contributed by atoms with E-state index < -0.39 is 0 Å². The van der Waals surface area contributed by atoms with Gasteiger partial charge < -0.3 is 5.32 Å². The third-order valence-electron chi connectivity index (χ3n) is 3.93. The van der Waals surface area contributed by atoms with Gasteiger partial charge in [0.25, 0.3) is 0 Å². The highest BCUT2D eigenvalue weighted by atomic mass is 16.6. The molecule has 0 aliphatic heterocycles. The van der Waals surface area contributed by atoms with Crippen LogP contribution in [-0.2, 0) is 6.54 Å². The van der Waals surface area contributed by atoms with Crippen LogP contribution >= 0.6 is 0 Å². The van der Waals surface area contributed by atoms with Gasteiger partial charge in [-0.3, -0.25) is 10.1 Å². The van der Waals surface area contributed by atoms with Crippen LogP contribution in [0.1, 0.15) is 46.7 Å². The SMILES string of the molecule is CCCn1nc(C)c([N+](=O)[O-])c1NCC(C(C)C)C(C)C. The molecule has 0 saturated carbocycles. The number of hydrogen-bond donors (Lipinski definition) is 1. The number of hydrogen-bond acceptors (Lipinski definition) is 4. The Morgan fingerprint density at radius 3 is 2.29 bits per heavy atom. The zero-order valence-corrected chi connectivity index (χ0v) is 14.0. The molecule has 6 heteroatoms.